The van der Waals surface area contributed by atoms with Gasteiger partial charge in [-0.3, -0.25) is 9.69 Å². The lowest BCUT2D eigenvalue weighted by molar-refractivity contribution is -0.117. The molecular formula is C20H20BrN3O4. The Morgan fingerprint density at radius 1 is 1.25 bits per heavy atom. The summed E-state index contributed by atoms with van der Waals surface area (Å²) in [6.07, 6.45) is 1.61. The van der Waals surface area contributed by atoms with Gasteiger partial charge in [-0.05, 0) is 48.1 Å². The molecule has 0 atom stereocenters. The van der Waals surface area contributed by atoms with Crippen molar-refractivity contribution in [3.05, 3.63) is 58.4 Å². The molecule has 0 aliphatic rings. The molecule has 0 unspecified atom stereocenters. The molecule has 0 aliphatic carbocycles. The van der Waals surface area contributed by atoms with Gasteiger partial charge in [0.05, 0.1) is 19.7 Å². The molecular weight excluding hydrogens is 426 g/mol. The molecule has 8 heteroatoms. The number of fused-ring (bicyclic) bond motifs is 1. The standard InChI is InChI=1S/C20H20BrN3O4/c1-3-27-20(26)19-14-6-4-5-7-15(14)28-16(19)11-24(2)12-18(25)23-17-9-8-13(21)10-22-17/h4-10H,3,11-12H2,1-2H3,(H,22,23,25). The minimum absolute atomic E-state index is 0.108. The fraction of sp³-hybridized carbons (Fsp3) is 0.250. The molecule has 146 valence electrons. The molecule has 2 heterocycles. The minimum Gasteiger partial charge on any atom is -0.462 e. The summed E-state index contributed by atoms with van der Waals surface area (Å²) in [7, 11) is 1.77. The van der Waals surface area contributed by atoms with Crippen LogP contribution in [0.4, 0.5) is 5.82 Å². The number of nitrogens with zero attached hydrogens (tertiary/aromatic N) is 2. The number of pyridine rings is 1. The maximum Gasteiger partial charge on any atom is 0.342 e. The van der Waals surface area contributed by atoms with Gasteiger partial charge in [0, 0.05) is 16.1 Å². The molecule has 7 nitrogen and oxygen atoms in total. The summed E-state index contributed by atoms with van der Waals surface area (Å²) in [5, 5.41) is 3.44. The van der Waals surface area contributed by atoms with E-state index in [4.69, 9.17) is 9.15 Å². The van der Waals surface area contributed by atoms with E-state index < -0.39 is 5.97 Å². The normalized spacial score (nSPS) is 11.0. The average Bonchev–Trinajstić information content (AvgIpc) is 3.01. The van der Waals surface area contributed by atoms with Gasteiger partial charge < -0.3 is 14.5 Å². The topological polar surface area (TPSA) is 84.7 Å². The number of likely N-dealkylation sites (N-methyl/N-ethyl adjacent to an activating group) is 1. The maximum absolute atomic E-state index is 12.4. The number of halogens is 1. The molecule has 28 heavy (non-hydrogen) atoms. The minimum atomic E-state index is -0.431. The quantitative estimate of drug-likeness (QED) is 0.556. The first-order valence-corrected chi connectivity index (χ1v) is 9.54. The third-order valence-corrected chi connectivity index (χ3v) is 4.44. The summed E-state index contributed by atoms with van der Waals surface area (Å²) in [6, 6.07) is 10.8. The van der Waals surface area contributed by atoms with Gasteiger partial charge in [-0.25, -0.2) is 9.78 Å². The first-order valence-electron chi connectivity index (χ1n) is 8.75. The lowest BCUT2D eigenvalue weighted by atomic mass is 10.1. The van der Waals surface area contributed by atoms with Gasteiger partial charge in [0.2, 0.25) is 5.91 Å². The number of nitrogens with one attached hydrogen (secondary N) is 1. The number of amides is 1. The summed E-state index contributed by atoms with van der Waals surface area (Å²) in [5.74, 6) is 0.291. The van der Waals surface area contributed by atoms with Crippen molar-refractivity contribution in [3.63, 3.8) is 0 Å². The van der Waals surface area contributed by atoms with Gasteiger partial charge in [-0.2, -0.15) is 0 Å². The van der Waals surface area contributed by atoms with Crippen molar-refractivity contribution in [1.29, 1.82) is 0 Å². The number of para-hydroxylation sites is 1. The van der Waals surface area contributed by atoms with E-state index in [2.05, 4.69) is 26.2 Å². The molecule has 0 bridgehead atoms. The van der Waals surface area contributed by atoms with Crippen LogP contribution in [-0.4, -0.2) is 42.0 Å². The summed E-state index contributed by atoms with van der Waals surface area (Å²) in [6.45, 7) is 2.42. The fourth-order valence-electron chi connectivity index (χ4n) is 2.81. The summed E-state index contributed by atoms with van der Waals surface area (Å²) in [4.78, 5) is 30.6. The Bertz CT molecular complexity index is 985. The number of benzene rings is 1. The van der Waals surface area contributed by atoms with Crippen molar-refractivity contribution in [2.45, 2.75) is 13.5 Å². The van der Waals surface area contributed by atoms with Crippen LogP contribution in [0.5, 0.6) is 0 Å². The molecule has 1 aromatic carbocycles. The third kappa shape index (κ3) is 4.76. The number of rotatable bonds is 7. The van der Waals surface area contributed by atoms with Gasteiger partial charge in [0.1, 0.15) is 22.7 Å². The highest BCUT2D eigenvalue weighted by Gasteiger charge is 2.23. The number of aromatic nitrogens is 1. The van der Waals surface area contributed by atoms with Crippen LogP contribution in [0.15, 0.2) is 51.5 Å². The van der Waals surface area contributed by atoms with Crippen LogP contribution >= 0.6 is 15.9 Å². The van der Waals surface area contributed by atoms with E-state index in [1.165, 1.54) is 0 Å². The molecule has 0 spiro atoms. The maximum atomic E-state index is 12.4. The Balaban J connectivity index is 1.72. The SMILES string of the molecule is CCOC(=O)c1c(CN(C)CC(=O)Nc2ccc(Br)cn2)oc2ccccc12. The zero-order valence-corrected chi connectivity index (χ0v) is 17.2. The van der Waals surface area contributed by atoms with Crippen molar-refractivity contribution >= 4 is 44.6 Å². The Morgan fingerprint density at radius 3 is 2.75 bits per heavy atom. The largest absolute Gasteiger partial charge is 0.462 e. The molecule has 0 aliphatic heterocycles. The van der Waals surface area contributed by atoms with E-state index in [0.29, 0.717) is 28.1 Å². The van der Waals surface area contributed by atoms with E-state index in [9.17, 15) is 9.59 Å². The number of furan rings is 1. The highest BCUT2D eigenvalue weighted by molar-refractivity contribution is 9.10. The highest BCUT2D eigenvalue weighted by atomic mass is 79.9. The summed E-state index contributed by atoms with van der Waals surface area (Å²) < 4.78 is 11.9. The van der Waals surface area contributed by atoms with Crippen molar-refractivity contribution in [2.75, 3.05) is 25.5 Å². The van der Waals surface area contributed by atoms with Crippen LogP contribution in [0.3, 0.4) is 0 Å². The fourth-order valence-corrected chi connectivity index (χ4v) is 3.05. The number of esters is 1. The van der Waals surface area contributed by atoms with Gasteiger partial charge in [0.15, 0.2) is 0 Å². The van der Waals surface area contributed by atoms with E-state index in [1.54, 1.807) is 43.3 Å². The van der Waals surface area contributed by atoms with E-state index in [1.807, 2.05) is 18.2 Å². The van der Waals surface area contributed by atoms with Crippen LogP contribution < -0.4 is 5.32 Å². The number of hydrogen-bond donors (Lipinski definition) is 1. The van der Waals surface area contributed by atoms with Gasteiger partial charge in [-0.15, -0.1) is 0 Å². The number of ether oxygens (including phenoxy) is 1. The van der Waals surface area contributed by atoms with Crippen molar-refractivity contribution in [2.24, 2.45) is 0 Å². The molecule has 1 amide bonds. The number of anilines is 1. The molecule has 0 radical (unpaired) electrons. The molecule has 0 saturated heterocycles. The number of hydrogen-bond acceptors (Lipinski definition) is 6. The van der Waals surface area contributed by atoms with Gasteiger partial charge in [-0.1, -0.05) is 18.2 Å². The molecule has 0 fully saturated rings. The molecule has 3 rings (SSSR count). The predicted octanol–water partition coefficient (Wildman–Crippen LogP) is 3.84. The second-order valence-corrected chi connectivity index (χ2v) is 7.11. The Morgan fingerprint density at radius 2 is 2.04 bits per heavy atom. The third-order valence-electron chi connectivity index (χ3n) is 3.97. The second kappa shape index (κ2) is 8.99. The first-order chi connectivity index (χ1) is 13.5. The van der Waals surface area contributed by atoms with E-state index in [-0.39, 0.29) is 25.6 Å². The molecule has 2 aromatic heterocycles. The van der Waals surface area contributed by atoms with Crippen LogP contribution in [0.1, 0.15) is 23.0 Å². The van der Waals surface area contributed by atoms with Crippen LogP contribution in [0.2, 0.25) is 0 Å². The number of carbonyl (C=O) groups is 2. The summed E-state index contributed by atoms with van der Waals surface area (Å²) >= 11 is 3.30. The number of carbonyl (C=O) groups excluding carboxylic acids is 2. The van der Waals surface area contributed by atoms with Crippen molar-refractivity contribution < 1.29 is 18.7 Å². The van der Waals surface area contributed by atoms with Gasteiger partial charge in [0.25, 0.3) is 0 Å². The molecule has 0 saturated carbocycles. The van der Waals surface area contributed by atoms with Crippen molar-refractivity contribution in [1.82, 2.24) is 9.88 Å². The Kier molecular flexibility index (Phi) is 6.43. The Labute approximate surface area is 170 Å². The monoisotopic (exact) mass is 445 g/mol. The lowest BCUT2D eigenvalue weighted by Crippen LogP contribution is -2.30. The highest BCUT2D eigenvalue weighted by Crippen LogP contribution is 2.27. The first kappa shape index (κ1) is 20.0. The Hall–Kier alpha value is -2.71. The second-order valence-electron chi connectivity index (χ2n) is 6.20. The zero-order valence-electron chi connectivity index (χ0n) is 15.6. The van der Waals surface area contributed by atoms with Crippen LogP contribution in [0, 0.1) is 0 Å². The van der Waals surface area contributed by atoms with Gasteiger partial charge >= 0.3 is 5.97 Å². The zero-order chi connectivity index (χ0) is 20.1. The van der Waals surface area contributed by atoms with Crippen molar-refractivity contribution in [3.8, 4) is 0 Å². The van der Waals surface area contributed by atoms with Crippen LogP contribution in [-0.2, 0) is 16.1 Å². The molecule has 3 aromatic rings. The van der Waals surface area contributed by atoms with Crippen LogP contribution in [0.25, 0.3) is 11.0 Å². The smallest absolute Gasteiger partial charge is 0.342 e. The van der Waals surface area contributed by atoms with E-state index >= 15 is 0 Å². The lowest BCUT2D eigenvalue weighted by Gasteiger charge is -2.15. The molecule has 1 N–H and O–H groups in total. The summed E-state index contributed by atoms with van der Waals surface area (Å²) in [5.41, 5.74) is 1.01. The van der Waals surface area contributed by atoms with E-state index in [0.717, 1.165) is 4.47 Å². The average molecular weight is 446 g/mol. The predicted molar refractivity (Wildman–Crippen MR) is 109 cm³/mol.